The maximum atomic E-state index is 14.2. The first kappa shape index (κ1) is 26.4. The Bertz CT molecular complexity index is 830. The minimum atomic E-state index is -1.13. The molecule has 8 heteroatoms. The van der Waals surface area contributed by atoms with Gasteiger partial charge in [-0.1, -0.05) is 39.0 Å². The van der Waals surface area contributed by atoms with Gasteiger partial charge in [-0.05, 0) is 39.5 Å². The number of esters is 1. The highest BCUT2D eigenvalue weighted by Gasteiger charge is 2.79. The Morgan fingerprint density at radius 1 is 1.29 bits per heavy atom. The average Bonchev–Trinajstić information content (AvgIpc) is 3.43. The van der Waals surface area contributed by atoms with Crippen molar-refractivity contribution in [2.45, 2.75) is 89.1 Å². The van der Waals surface area contributed by atoms with Gasteiger partial charge in [-0.15, -0.1) is 6.58 Å². The summed E-state index contributed by atoms with van der Waals surface area (Å²) in [4.78, 5) is 44.6. The van der Waals surface area contributed by atoms with Crippen molar-refractivity contribution in [1.82, 2.24) is 9.80 Å². The predicted molar refractivity (Wildman–Crippen MR) is 128 cm³/mol. The fourth-order valence-corrected chi connectivity index (χ4v) is 6.44. The van der Waals surface area contributed by atoms with Crippen molar-refractivity contribution in [1.29, 1.82) is 0 Å². The number of likely N-dealkylation sites (tertiary alicyclic amines) is 1. The summed E-state index contributed by atoms with van der Waals surface area (Å²) in [5.74, 6) is -2.66. The highest BCUT2D eigenvalue weighted by molar-refractivity contribution is 5.98. The Labute approximate surface area is 202 Å². The lowest BCUT2D eigenvalue weighted by Crippen LogP contribution is -2.59. The molecular weight excluding hydrogens is 436 g/mol. The van der Waals surface area contributed by atoms with E-state index in [-0.39, 0.29) is 31.1 Å². The molecule has 8 nitrogen and oxygen atoms in total. The number of aliphatic hydroxyl groups is 1. The molecule has 2 amide bonds. The lowest BCUT2D eigenvalue weighted by atomic mass is 9.65. The van der Waals surface area contributed by atoms with Crippen molar-refractivity contribution in [3.8, 4) is 0 Å². The molecule has 3 aliphatic rings. The van der Waals surface area contributed by atoms with Crippen molar-refractivity contribution < 1.29 is 29.0 Å². The summed E-state index contributed by atoms with van der Waals surface area (Å²) in [6, 6.07) is -1.57. The van der Waals surface area contributed by atoms with Gasteiger partial charge in [-0.2, -0.15) is 0 Å². The molecule has 3 unspecified atom stereocenters. The summed E-state index contributed by atoms with van der Waals surface area (Å²) in [5.41, 5.74) is -1.97. The number of nitrogens with zero attached hydrogens (tertiary/aromatic N) is 2. The molecule has 3 heterocycles. The van der Waals surface area contributed by atoms with Crippen molar-refractivity contribution >= 4 is 17.8 Å². The molecule has 34 heavy (non-hydrogen) atoms. The third kappa shape index (κ3) is 3.88. The van der Waals surface area contributed by atoms with Gasteiger partial charge in [0.2, 0.25) is 11.8 Å². The predicted octanol–water partition coefficient (Wildman–Crippen LogP) is 2.45. The minimum Gasteiger partial charge on any atom is -0.461 e. The number of rotatable bonds is 12. The van der Waals surface area contributed by atoms with Crippen molar-refractivity contribution in [2.75, 3.05) is 19.8 Å². The molecule has 0 aromatic carbocycles. The van der Waals surface area contributed by atoms with Crippen LogP contribution in [0.3, 0.4) is 0 Å². The van der Waals surface area contributed by atoms with Gasteiger partial charge in [-0.25, -0.2) is 0 Å². The highest BCUT2D eigenvalue weighted by atomic mass is 16.6. The number of carbonyl (C=O) groups is 3. The first-order valence-corrected chi connectivity index (χ1v) is 12.5. The van der Waals surface area contributed by atoms with Crippen molar-refractivity contribution in [3.63, 3.8) is 0 Å². The molecule has 3 aliphatic heterocycles. The zero-order valence-corrected chi connectivity index (χ0v) is 21.0. The molecule has 3 rings (SSSR count). The number of aliphatic hydroxyl groups excluding tert-OH is 1. The molecule has 0 aromatic rings. The van der Waals surface area contributed by atoms with E-state index in [1.54, 1.807) is 17.9 Å². The average molecular weight is 477 g/mol. The van der Waals surface area contributed by atoms with Crippen LogP contribution in [0.4, 0.5) is 0 Å². The molecule has 0 aromatic heterocycles. The zero-order chi connectivity index (χ0) is 25.3. The van der Waals surface area contributed by atoms with E-state index < -0.39 is 41.1 Å². The molecule has 1 spiro atoms. The van der Waals surface area contributed by atoms with Gasteiger partial charge in [0.15, 0.2) is 0 Å². The molecule has 0 aliphatic carbocycles. The number of carbonyl (C=O) groups excluding carboxylic acids is 3. The van der Waals surface area contributed by atoms with E-state index in [2.05, 4.69) is 20.1 Å². The van der Waals surface area contributed by atoms with E-state index in [9.17, 15) is 19.5 Å². The van der Waals surface area contributed by atoms with Crippen LogP contribution in [0.1, 0.15) is 59.8 Å². The molecular formula is C26H40N2O6. The topological polar surface area (TPSA) is 96.4 Å². The summed E-state index contributed by atoms with van der Waals surface area (Å²) in [6.07, 6.45) is 6.49. The molecule has 0 saturated carbocycles. The number of ether oxygens (including phenoxy) is 2. The minimum absolute atomic E-state index is 0.0454. The quantitative estimate of drug-likeness (QED) is 0.343. The van der Waals surface area contributed by atoms with Gasteiger partial charge in [0, 0.05) is 12.6 Å². The molecule has 3 fully saturated rings. The van der Waals surface area contributed by atoms with Crippen LogP contribution < -0.4 is 0 Å². The molecule has 190 valence electrons. The Morgan fingerprint density at radius 3 is 2.56 bits per heavy atom. The number of fused-ring (bicyclic) bond motifs is 1. The Balaban J connectivity index is 2.11. The lowest BCUT2D eigenvalue weighted by Gasteiger charge is -2.40. The Kier molecular flexibility index (Phi) is 7.92. The Hall–Kier alpha value is -2.19. The fourth-order valence-electron chi connectivity index (χ4n) is 6.44. The maximum Gasteiger partial charge on any atom is 0.313 e. The Morgan fingerprint density at radius 2 is 2.00 bits per heavy atom. The van der Waals surface area contributed by atoms with E-state index in [1.807, 2.05) is 13.8 Å². The van der Waals surface area contributed by atoms with Crippen LogP contribution >= 0.6 is 0 Å². The SMILES string of the molecule is C=CCOC(=O)[C@@H]1[C@H]2C(=O)N([C@H](C)CO)C(C(=O)N(CC=C)C(C)CCC)C23CC[C@@]1(CC)O3. The first-order chi connectivity index (χ1) is 16.2. The largest absolute Gasteiger partial charge is 0.461 e. The van der Waals surface area contributed by atoms with Gasteiger partial charge in [0.1, 0.15) is 24.2 Å². The van der Waals surface area contributed by atoms with Gasteiger partial charge < -0.3 is 24.4 Å². The first-order valence-electron chi connectivity index (χ1n) is 12.5. The third-order valence-electron chi connectivity index (χ3n) is 8.04. The van der Waals surface area contributed by atoms with Crippen LogP contribution in [0.2, 0.25) is 0 Å². The van der Waals surface area contributed by atoms with Gasteiger partial charge in [0.25, 0.3) is 0 Å². The van der Waals surface area contributed by atoms with Crippen molar-refractivity contribution in [3.05, 3.63) is 25.3 Å². The fraction of sp³-hybridized carbons (Fsp3) is 0.731. The van der Waals surface area contributed by atoms with Crippen LogP contribution in [0.25, 0.3) is 0 Å². The summed E-state index contributed by atoms with van der Waals surface area (Å²) in [6.45, 7) is 15.2. The molecule has 1 N–H and O–H groups in total. The maximum absolute atomic E-state index is 14.2. The van der Waals surface area contributed by atoms with Crippen LogP contribution in [0.5, 0.6) is 0 Å². The highest BCUT2D eigenvalue weighted by Crippen LogP contribution is 2.64. The summed E-state index contributed by atoms with van der Waals surface area (Å²) in [5, 5.41) is 9.99. The van der Waals surface area contributed by atoms with E-state index in [0.717, 1.165) is 12.8 Å². The monoisotopic (exact) mass is 476 g/mol. The van der Waals surface area contributed by atoms with Crippen LogP contribution in [-0.4, -0.2) is 81.8 Å². The number of hydrogen-bond acceptors (Lipinski definition) is 6. The van der Waals surface area contributed by atoms with E-state index in [0.29, 0.717) is 25.8 Å². The van der Waals surface area contributed by atoms with Gasteiger partial charge >= 0.3 is 5.97 Å². The summed E-state index contributed by atoms with van der Waals surface area (Å²) < 4.78 is 12.1. The van der Waals surface area contributed by atoms with Crippen molar-refractivity contribution in [2.24, 2.45) is 11.8 Å². The molecule has 7 atom stereocenters. The van der Waals surface area contributed by atoms with Gasteiger partial charge in [-0.3, -0.25) is 14.4 Å². The second-order valence-corrected chi connectivity index (χ2v) is 9.95. The molecule has 0 radical (unpaired) electrons. The van der Waals surface area contributed by atoms with Gasteiger partial charge in [0.05, 0.1) is 24.2 Å². The normalized spacial score (nSPS) is 33.4. The number of amides is 2. The number of hydrogen-bond donors (Lipinski definition) is 1. The van der Waals surface area contributed by atoms with Crippen LogP contribution in [0.15, 0.2) is 25.3 Å². The van der Waals surface area contributed by atoms with E-state index >= 15 is 0 Å². The lowest BCUT2D eigenvalue weighted by molar-refractivity contribution is -0.163. The third-order valence-corrected chi connectivity index (χ3v) is 8.04. The zero-order valence-electron chi connectivity index (χ0n) is 21.0. The second-order valence-electron chi connectivity index (χ2n) is 9.95. The smallest absolute Gasteiger partial charge is 0.313 e. The van der Waals surface area contributed by atoms with Crippen LogP contribution in [-0.2, 0) is 23.9 Å². The van der Waals surface area contributed by atoms with E-state index in [1.165, 1.54) is 11.0 Å². The van der Waals surface area contributed by atoms with E-state index in [4.69, 9.17) is 9.47 Å². The van der Waals surface area contributed by atoms with Crippen LogP contribution in [0, 0.1) is 11.8 Å². The standard InChI is InChI=1S/C26H40N2O6/c1-7-11-17(5)27(14-8-2)23(31)21-26-13-12-25(10-4,34-26)20(24(32)33-15-9-3)19(26)22(30)28(21)18(6)16-29/h8-9,17-21,29H,2-3,7,10-16H2,1,4-6H3/t17?,18-,19+,20+,21?,25-,26?/m1/s1. The molecule has 2 bridgehead atoms. The molecule has 3 saturated heterocycles. The summed E-state index contributed by atoms with van der Waals surface area (Å²) in [7, 11) is 0. The second kappa shape index (κ2) is 10.2. The summed E-state index contributed by atoms with van der Waals surface area (Å²) >= 11 is 0.